The topological polar surface area (TPSA) is 51.7 Å². The third-order valence-corrected chi connectivity index (χ3v) is 0.300. The first-order valence-electron chi connectivity index (χ1n) is 1.13. The Hall–Kier alpha value is 0.270. The number of aliphatic hydroxyl groups excluding tert-OH is 1. The summed E-state index contributed by atoms with van der Waals surface area (Å²) in [6.45, 7) is 0.184. The van der Waals surface area contributed by atoms with Crippen LogP contribution >= 0.6 is 12.6 Å². The second-order valence-electron chi connectivity index (χ2n) is 0.447. The molecule has 3 heteroatoms. The summed E-state index contributed by atoms with van der Waals surface area (Å²) in [6, 6.07) is 0. The van der Waals surface area contributed by atoms with E-state index in [9.17, 15) is 0 Å². The van der Waals surface area contributed by atoms with E-state index in [1.165, 1.54) is 0 Å². The van der Waals surface area contributed by atoms with Gasteiger partial charge in [-0.25, -0.2) is 0 Å². The summed E-state index contributed by atoms with van der Waals surface area (Å²) in [4.78, 5) is 0. The largest absolute Gasteiger partial charge is 0.412 e. The molecule has 0 radical (unpaired) electrons. The maximum atomic E-state index is 7.80. The Morgan fingerprint density at radius 2 is 1.80 bits per heavy atom. The molecule has 0 amide bonds. The smallest absolute Gasteiger partial charge is 0.0519 e. The van der Waals surface area contributed by atoms with Crippen LogP contribution in [0.4, 0.5) is 0 Å². The lowest BCUT2D eigenvalue weighted by atomic mass is 10.9. The van der Waals surface area contributed by atoms with Crippen molar-refractivity contribution in [2.75, 3.05) is 12.4 Å². The van der Waals surface area contributed by atoms with Crippen LogP contribution < -0.4 is 0 Å². The third kappa shape index (κ3) is 13.6. The molecule has 0 saturated heterocycles. The zero-order chi connectivity index (χ0) is 3.41. The van der Waals surface area contributed by atoms with Gasteiger partial charge in [-0.3, -0.25) is 0 Å². The minimum absolute atomic E-state index is 0. The third-order valence-electron chi connectivity index (χ3n) is 0.1000. The molecule has 0 heterocycles. The Kier molecular flexibility index (Phi) is 15.9. The van der Waals surface area contributed by atoms with Gasteiger partial charge in [-0.15, -0.1) is 0 Å². The predicted octanol–water partition coefficient (Wildman–Crippen LogP) is -0.916. The molecule has 3 N–H and O–H groups in total. The molecule has 0 saturated carbocycles. The highest BCUT2D eigenvalue weighted by Gasteiger charge is 1.57. The van der Waals surface area contributed by atoms with Crippen LogP contribution in [0.1, 0.15) is 0 Å². The molecule has 2 nitrogen and oxygen atoms in total. The van der Waals surface area contributed by atoms with Gasteiger partial charge in [0.05, 0.1) is 6.61 Å². The summed E-state index contributed by atoms with van der Waals surface area (Å²) in [5, 5.41) is 7.80. The average molecular weight is 96.2 g/mol. The summed E-state index contributed by atoms with van der Waals surface area (Å²) in [7, 11) is 0. The summed E-state index contributed by atoms with van der Waals surface area (Å²) >= 11 is 3.67. The van der Waals surface area contributed by atoms with E-state index in [0.717, 1.165) is 0 Å². The monoisotopic (exact) mass is 96.0 g/mol. The van der Waals surface area contributed by atoms with Crippen molar-refractivity contribution in [3.05, 3.63) is 0 Å². The van der Waals surface area contributed by atoms with Crippen molar-refractivity contribution in [3.8, 4) is 0 Å². The van der Waals surface area contributed by atoms with Crippen molar-refractivity contribution in [1.29, 1.82) is 0 Å². The van der Waals surface area contributed by atoms with Gasteiger partial charge in [0.25, 0.3) is 0 Å². The highest BCUT2D eigenvalue weighted by atomic mass is 32.1. The van der Waals surface area contributed by atoms with Gasteiger partial charge >= 0.3 is 0 Å². The molecule has 0 aromatic rings. The van der Waals surface area contributed by atoms with Gasteiger partial charge in [0, 0.05) is 5.75 Å². The Morgan fingerprint density at radius 3 is 1.80 bits per heavy atom. The van der Waals surface area contributed by atoms with Gasteiger partial charge in [0.2, 0.25) is 0 Å². The van der Waals surface area contributed by atoms with Crippen molar-refractivity contribution >= 4 is 12.6 Å². The molecule has 0 fully saturated rings. The van der Waals surface area contributed by atoms with Crippen molar-refractivity contribution in [2.24, 2.45) is 0 Å². The van der Waals surface area contributed by atoms with Crippen LogP contribution in [0.15, 0.2) is 0 Å². The SMILES string of the molecule is O.OCCS. The fourth-order valence-corrected chi connectivity index (χ4v) is 0. The second kappa shape index (κ2) is 8.86. The Balaban J connectivity index is 0. The number of thiol groups is 1. The Bertz CT molecular complexity index is 9.61. The van der Waals surface area contributed by atoms with E-state index in [1.54, 1.807) is 0 Å². The van der Waals surface area contributed by atoms with Crippen molar-refractivity contribution < 1.29 is 10.6 Å². The molecule has 34 valence electrons. The van der Waals surface area contributed by atoms with Gasteiger partial charge in [0.15, 0.2) is 0 Å². The van der Waals surface area contributed by atoms with Crippen molar-refractivity contribution in [1.82, 2.24) is 0 Å². The van der Waals surface area contributed by atoms with Crippen LogP contribution in [0.5, 0.6) is 0 Å². The molecule has 0 atom stereocenters. The first-order valence-corrected chi connectivity index (χ1v) is 1.76. The lowest BCUT2D eigenvalue weighted by Gasteiger charge is -1.69. The Labute approximate surface area is 36.5 Å². The molecule has 0 spiro atoms. The van der Waals surface area contributed by atoms with Crippen LogP contribution in [0.2, 0.25) is 0 Å². The van der Waals surface area contributed by atoms with Crippen LogP contribution in [0.25, 0.3) is 0 Å². The quantitative estimate of drug-likeness (QED) is 0.408. The lowest BCUT2D eigenvalue weighted by Crippen LogP contribution is -1.76. The minimum Gasteiger partial charge on any atom is -0.412 e. The van der Waals surface area contributed by atoms with Gasteiger partial charge in [-0.05, 0) is 0 Å². The van der Waals surface area contributed by atoms with E-state index < -0.39 is 0 Å². The molecular weight excluding hydrogens is 88.1 g/mol. The van der Waals surface area contributed by atoms with E-state index in [2.05, 4.69) is 12.6 Å². The predicted molar refractivity (Wildman–Crippen MR) is 24.6 cm³/mol. The molecule has 0 aliphatic rings. The maximum absolute atomic E-state index is 7.80. The molecular formula is C2H8O2S. The number of rotatable bonds is 1. The normalized spacial score (nSPS) is 6.00. The molecule has 0 aliphatic heterocycles. The molecule has 0 rings (SSSR count). The van der Waals surface area contributed by atoms with E-state index in [1.807, 2.05) is 0 Å². The fraction of sp³-hybridized carbons (Fsp3) is 1.00. The highest BCUT2D eigenvalue weighted by Crippen LogP contribution is 1.61. The van der Waals surface area contributed by atoms with Crippen molar-refractivity contribution in [3.63, 3.8) is 0 Å². The number of aliphatic hydroxyl groups is 1. The van der Waals surface area contributed by atoms with E-state index >= 15 is 0 Å². The van der Waals surface area contributed by atoms with Crippen LogP contribution in [0.3, 0.4) is 0 Å². The fourth-order valence-electron chi connectivity index (χ4n) is 0. The van der Waals surface area contributed by atoms with Crippen LogP contribution in [-0.4, -0.2) is 22.9 Å². The van der Waals surface area contributed by atoms with Crippen molar-refractivity contribution in [2.45, 2.75) is 0 Å². The van der Waals surface area contributed by atoms with Gasteiger partial charge < -0.3 is 10.6 Å². The summed E-state index contributed by atoms with van der Waals surface area (Å²) < 4.78 is 0. The first kappa shape index (κ1) is 8.99. The summed E-state index contributed by atoms with van der Waals surface area (Å²) in [5.41, 5.74) is 0. The molecule has 0 aromatic carbocycles. The standard InChI is InChI=1S/C2H6OS.H2O/c3-1-2-4;/h3-4H,1-2H2;1H2. The second-order valence-corrected chi connectivity index (χ2v) is 0.894. The molecule has 0 aliphatic carbocycles. The molecule has 0 bridgehead atoms. The van der Waals surface area contributed by atoms with Crippen LogP contribution in [0, 0.1) is 0 Å². The van der Waals surface area contributed by atoms with Crippen LogP contribution in [-0.2, 0) is 0 Å². The van der Waals surface area contributed by atoms with E-state index in [4.69, 9.17) is 5.11 Å². The maximum Gasteiger partial charge on any atom is 0.0519 e. The van der Waals surface area contributed by atoms with E-state index in [0.29, 0.717) is 5.75 Å². The summed E-state index contributed by atoms with van der Waals surface area (Å²) in [6.07, 6.45) is 0. The average Bonchev–Trinajstić information content (AvgIpc) is 1.37. The number of hydrogen-bond acceptors (Lipinski definition) is 2. The van der Waals surface area contributed by atoms with Gasteiger partial charge in [-0.1, -0.05) is 0 Å². The molecule has 0 aromatic heterocycles. The first-order chi connectivity index (χ1) is 1.91. The highest BCUT2D eigenvalue weighted by molar-refractivity contribution is 7.80. The molecule has 0 unspecified atom stereocenters. The Morgan fingerprint density at radius 1 is 1.60 bits per heavy atom. The zero-order valence-electron chi connectivity index (χ0n) is 2.81. The molecule has 5 heavy (non-hydrogen) atoms. The minimum atomic E-state index is 0. The van der Waals surface area contributed by atoms with Gasteiger partial charge in [-0.2, -0.15) is 12.6 Å². The van der Waals surface area contributed by atoms with Gasteiger partial charge in [0.1, 0.15) is 0 Å². The van der Waals surface area contributed by atoms with E-state index in [-0.39, 0.29) is 12.1 Å². The number of hydrogen-bond donors (Lipinski definition) is 2. The lowest BCUT2D eigenvalue weighted by molar-refractivity contribution is 0.323. The summed E-state index contributed by atoms with van der Waals surface area (Å²) in [5.74, 6) is 0.569. The zero-order valence-corrected chi connectivity index (χ0v) is 3.70.